The Bertz CT molecular complexity index is 577. The molecule has 2 N–H and O–H groups in total. The average molecular weight is 329 g/mol. The SMILES string of the molecule is Cc1ccccc1CC(NCC(CCO)CC(C)C)c1ccco1. The number of hydrogen-bond donors (Lipinski definition) is 2. The molecule has 0 bridgehead atoms. The minimum Gasteiger partial charge on any atom is -0.468 e. The van der Waals surface area contributed by atoms with E-state index in [9.17, 15) is 5.11 Å². The lowest BCUT2D eigenvalue weighted by Gasteiger charge is -2.23. The summed E-state index contributed by atoms with van der Waals surface area (Å²) in [5.74, 6) is 2.11. The predicted octanol–water partition coefficient (Wildman–Crippen LogP) is 4.51. The zero-order chi connectivity index (χ0) is 17.4. The van der Waals surface area contributed by atoms with Crippen LogP contribution in [-0.2, 0) is 6.42 Å². The number of hydrogen-bond acceptors (Lipinski definition) is 3. The zero-order valence-corrected chi connectivity index (χ0v) is 15.2. The van der Waals surface area contributed by atoms with Gasteiger partial charge in [-0.25, -0.2) is 0 Å². The van der Waals surface area contributed by atoms with Gasteiger partial charge < -0.3 is 14.8 Å². The summed E-state index contributed by atoms with van der Waals surface area (Å²) in [6.07, 6.45) is 4.62. The Kier molecular flexibility index (Phi) is 7.54. The third kappa shape index (κ3) is 5.81. The standard InChI is InChI=1S/C21H31NO2/c1-16(2)13-18(10-11-23)15-22-20(21-9-6-12-24-21)14-19-8-5-4-7-17(19)3/h4-9,12,16,18,20,22-23H,10-11,13-15H2,1-3H3. The van der Waals surface area contributed by atoms with Crippen LogP contribution in [0.4, 0.5) is 0 Å². The van der Waals surface area contributed by atoms with Crippen molar-refractivity contribution in [1.29, 1.82) is 0 Å². The second kappa shape index (κ2) is 9.65. The highest BCUT2D eigenvalue weighted by Gasteiger charge is 2.18. The predicted molar refractivity (Wildman–Crippen MR) is 99.0 cm³/mol. The molecule has 0 aliphatic carbocycles. The highest BCUT2D eigenvalue weighted by molar-refractivity contribution is 5.27. The number of furan rings is 1. The molecule has 3 heteroatoms. The Hall–Kier alpha value is -1.58. The molecule has 2 rings (SSSR count). The minimum absolute atomic E-state index is 0.162. The molecule has 1 aromatic carbocycles. The normalized spacial score (nSPS) is 14.0. The van der Waals surface area contributed by atoms with Crippen molar-refractivity contribution >= 4 is 0 Å². The molecule has 2 atom stereocenters. The summed E-state index contributed by atoms with van der Waals surface area (Å²) in [4.78, 5) is 0. The fourth-order valence-electron chi connectivity index (χ4n) is 3.28. The van der Waals surface area contributed by atoms with Gasteiger partial charge in [0, 0.05) is 6.61 Å². The van der Waals surface area contributed by atoms with Crippen molar-refractivity contribution in [2.24, 2.45) is 11.8 Å². The summed E-state index contributed by atoms with van der Waals surface area (Å²) in [5, 5.41) is 13.0. The van der Waals surface area contributed by atoms with E-state index in [2.05, 4.69) is 50.4 Å². The quantitative estimate of drug-likeness (QED) is 0.674. The van der Waals surface area contributed by atoms with E-state index in [1.807, 2.05) is 12.1 Å². The van der Waals surface area contributed by atoms with Gasteiger partial charge in [-0.15, -0.1) is 0 Å². The molecule has 0 aliphatic rings. The molecule has 0 saturated heterocycles. The second-order valence-electron chi connectivity index (χ2n) is 7.11. The van der Waals surface area contributed by atoms with Gasteiger partial charge in [0.25, 0.3) is 0 Å². The van der Waals surface area contributed by atoms with E-state index < -0.39 is 0 Å². The van der Waals surface area contributed by atoms with E-state index in [0.717, 1.165) is 31.6 Å². The van der Waals surface area contributed by atoms with Crippen LogP contribution in [0.15, 0.2) is 47.1 Å². The summed E-state index contributed by atoms with van der Waals surface area (Å²) in [7, 11) is 0. The molecule has 1 aromatic heterocycles. The van der Waals surface area contributed by atoms with Crippen LogP contribution in [0.5, 0.6) is 0 Å². The molecular formula is C21H31NO2. The minimum atomic E-state index is 0.162. The van der Waals surface area contributed by atoms with E-state index in [4.69, 9.17) is 4.42 Å². The lowest BCUT2D eigenvalue weighted by molar-refractivity contribution is 0.234. The summed E-state index contributed by atoms with van der Waals surface area (Å²) in [6.45, 7) is 7.78. The number of aryl methyl sites for hydroxylation is 1. The van der Waals surface area contributed by atoms with E-state index in [0.29, 0.717) is 11.8 Å². The van der Waals surface area contributed by atoms with Crippen molar-refractivity contribution in [3.63, 3.8) is 0 Å². The Morgan fingerprint density at radius 1 is 1.12 bits per heavy atom. The number of aliphatic hydroxyl groups is 1. The first kappa shape index (κ1) is 18.8. The maximum absolute atomic E-state index is 9.32. The van der Waals surface area contributed by atoms with Crippen LogP contribution in [0.1, 0.15) is 49.6 Å². The number of benzene rings is 1. The van der Waals surface area contributed by atoms with Crippen LogP contribution in [-0.4, -0.2) is 18.3 Å². The summed E-state index contributed by atoms with van der Waals surface area (Å²) < 4.78 is 5.67. The van der Waals surface area contributed by atoms with Gasteiger partial charge in [-0.2, -0.15) is 0 Å². The van der Waals surface area contributed by atoms with Gasteiger partial charge in [-0.1, -0.05) is 38.1 Å². The molecule has 132 valence electrons. The van der Waals surface area contributed by atoms with Crippen molar-refractivity contribution in [2.75, 3.05) is 13.2 Å². The molecule has 0 aliphatic heterocycles. The molecule has 0 amide bonds. The lowest BCUT2D eigenvalue weighted by Crippen LogP contribution is -2.30. The van der Waals surface area contributed by atoms with E-state index >= 15 is 0 Å². The van der Waals surface area contributed by atoms with Gasteiger partial charge in [0.05, 0.1) is 12.3 Å². The molecule has 0 saturated carbocycles. The van der Waals surface area contributed by atoms with Gasteiger partial charge in [0.2, 0.25) is 0 Å². The van der Waals surface area contributed by atoms with E-state index in [1.54, 1.807) is 6.26 Å². The van der Waals surface area contributed by atoms with E-state index in [-0.39, 0.29) is 12.6 Å². The fourth-order valence-corrected chi connectivity index (χ4v) is 3.28. The molecule has 1 heterocycles. The summed E-state index contributed by atoms with van der Waals surface area (Å²) in [5.41, 5.74) is 2.65. The smallest absolute Gasteiger partial charge is 0.121 e. The topological polar surface area (TPSA) is 45.4 Å². The first-order valence-electron chi connectivity index (χ1n) is 9.02. The molecule has 0 radical (unpaired) electrons. The highest BCUT2D eigenvalue weighted by atomic mass is 16.3. The molecule has 24 heavy (non-hydrogen) atoms. The van der Waals surface area contributed by atoms with Gasteiger partial charge in [-0.05, 0) is 67.8 Å². The maximum atomic E-state index is 9.32. The van der Waals surface area contributed by atoms with Crippen LogP contribution in [0, 0.1) is 18.8 Å². The van der Waals surface area contributed by atoms with Crippen LogP contribution in [0.2, 0.25) is 0 Å². The van der Waals surface area contributed by atoms with Crippen LogP contribution < -0.4 is 5.32 Å². The highest BCUT2D eigenvalue weighted by Crippen LogP contribution is 2.22. The third-order valence-corrected chi connectivity index (χ3v) is 4.57. The fraction of sp³-hybridized carbons (Fsp3) is 0.524. The Labute approximate surface area is 146 Å². The molecule has 3 nitrogen and oxygen atoms in total. The average Bonchev–Trinajstić information content (AvgIpc) is 3.07. The van der Waals surface area contributed by atoms with Crippen molar-refractivity contribution in [1.82, 2.24) is 5.32 Å². The van der Waals surface area contributed by atoms with Gasteiger partial charge in [0.15, 0.2) is 0 Å². The number of nitrogens with one attached hydrogen (secondary N) is 1. The largest absolute Gasteiger partial charge is 0.468 e. The van der Waals surface area contributed by atoms with Gasteiger partial charge >= 0.3 is 0 Å². The molecule has 0 spiro atoms. The summed E-state index contributed by atoms with van der Waals surface area (Å²) >= 11 is 0. The second-order valence-corrected chi connectivity index (χ2v) is 7.11. The zero-order valence-electron chi connectivity index (χ0n) is 15.2. The van der Waals surface area contributed by atoms with Crippen LogP contribution in [0.3, 0.4) is 0 Å². The van der Waals surface area contributed by atoms with Gasteiger partial charge in [0.1, 0.15) is 5.76 Å². The van der Waals surface area contributed by atoms with Gasteiger partial charge in [-0.3, -0.25) is 0 Å². The summed E-state index contributed by atoms with van der Waals surface area (Å²) in [6, 6.07) is 12.7. The number of aliphatic hydroxyl groups excluding tert-OH is 1. The molecule has 0 fully saturated rings. The van der Waals surface area contributed by atoms with Crippen LogP contribution >= 0.6 is 0 Å². The van der Waals surface area contributed by atoms with Crippen molar-refractivity contribution in [2.45, 2.75) is 46.1 Å². The monoisotopic (exact) mass is 329 g/mol. The third-order valence-electron chi connectivity index (χ3n) is 4.57. The Balaban J connectivity index is 2.05. The first-order chi connectivity index (χ1) is 11.6. The molecule has 2 unspecified atom stereocenters. The number of rotatable bonds is 10. The van der Waals surface area contributed by atoms with Crippen molar-refractivity contribution in [3.05, 3.63) is 59.5 Å². The lowest BCUT2D eigenvalue weighted by atomic mass is 9.93. The first-order valence-corrected chi connectivity index (χ1v) is 9.02. The molecular weight excluding hydrogens is 298 g/mol. The molecule has 2 aromatic rings. The van der Waals surface area contributed by atoms with Crippen molar-refractivity contribution < 1.29 is 9.52 Å². The Morgan fingerprint density at radius 3 is 2.54 bits per heavy atom. The van der Waals surface area contributed by atoms with Crippen molar-refractivity contribution in [3.8, 4) is 0 Å². The maximum Gasteiger partial charge on any atom is 0.121 e. The van der Waals surface area contributed by atoms with E-state index in [1.165, 1.54) is 11.1 Å². The van der Waals surface area contributed by atoms with Crippen LogP contribution in [0.25, 0.3) is 0 Å². The Morgan fingerprint density at radius 2 is 1.92 bits per heavy atom.